The van der Waals surface area contributed by atoms with Gasteiger partial charge in [0.05, 0.1) is 13.7 Å². The highest BCUT2D eigenvalue weighted by atomic mass is 16.3. The molecule has 0 aliphatic heterocycles. The quantitative estimate of drug-likeness (QED) is 0.188. The van der Waals surface area contributed by atoms with Crippen molar-refractivity contribution in [1.82, 2.24) is 0 Å². The number of para-hydroxylation sites is 1. The molecule has 0 radical (unpaired) electrons. The van der Waals surface area contributed by atoms with Crippen LogP contribution in [0.15, 0.2) is 174 Å². The fourth-order valence-corrected chi connectivity index (χ4v) is 6.48. The average molecular weight is 583 g/mol. The molecule has 210 valence electrons. The van der Waals surface area contributed by atoms with Crippen LogP contribution in [-0.2, 0) is 0 Å². The molecule has 0 saturated heterocycles. The van der Waals surface area contributed by atoms with Crippen molar-refractivity contribution < 1.29 is 18.1 Å². The van der Waals surface area contributed by atoms with Crippen molar-refractivity contribution in [2.75, 3.05) is 0 Å². The van der Waals surface area contributed by atoms with Crippen LogP contribution in [0, 0.1) is 0 Å². The molecule has 0 atom stereocenters. The zero-order valence-corrected chi connectivity index (χ0v) is 23.8. The molecule has 45 heavy (non-hydrogen) atoms. The van der Waals surface area contributed by atoms with Crippen molar-refractivity contribution in [3.05, 3.63) is 170 Å². The Hall–Kier alpha value is -5.92. The molecule has 0 aliphatic carbocycles. The Morgan fingerprint density at radius 2 is 0.889 bits per heavy atom. The van der Waals surface area contributed by atoms with Gasteiger partial charge in [-0.15, -0.1) is 0 Å². The lowest BCUT2D eigenvalue weighted by Crippen LogP contribution is -1.91. The van der Waals surface area contributed by atoms with E-state index in [2.05, 4.69) is 30.3 Å². The topological polar surface area (TPSA) is 13.1 Å². The maximum atomic E-state index is 8.60. The van der Waals surface area contributed by atoms with E-state index in [1.165, 1.54) is 0 Å². The molecule has 1 aromatic heterocycles. The Morgan fingerprint density at radius 1 is 0.378 bits per heavy atom. The van der Waals surface area contributed by atoms with Crippen molar-refractivity contribution in [3.8, 4) is 44.5 Å². The van der Waals surface area contributed by atoms with Gasteiger partial charge in [-0.25, -0.2) is 0 Å². The molecule has 8 aromatic carbocycles. The summed E-state index contributed by atoms with van der Waals surface area (Å²) in [5.41, 5.74) is 6.10. The van der Waals surface area contributed by atoms with Crippen molar-refractivity contribution in [2.24, 2.45) is 0 Å². The van der Waals surface area contributed by atoms with Gasteiger partial charge in [0.2, 0.25) is 0 Å². The SMILES string of the molecule is [2H]c1c([2H])c([2H])c(-c2ccc(-c3c4ccccc4c(-c4ccc5oc6c(-c7c([2H])c([2H])c([2H])c([2H])c7[2H])cccc6c5c4)c4ccccc34)cc2)c([2H])c1[2H]. The summed E-state index contributed by atoms with van der Waals surface area (Å²) in [6.45, 7) is 0. The van der Waals surface area contributed by atoms with Crippen LogP contribution in [0.1, 0.15) is 13.7 Å². The van der Waals surface area contributed by atoms with E-state index in [1.807, 2.05) is 60.7 Å². The first-order chi connectivity index (χ1) is 26.5. The Morgan fingerprint density at radius 3 is 1.51 bits per heavy atom. The average Bonchev–Trinajstić information content (AvgIpc) is 3.59. The molecular weight excluding hydrogens is 544 g/mol. The Kier molecular flexibility index (Phi) is 4.01. The van der Waals surface area contributed by atoms with Crippen LogP contribution in [0.25, 0.3) is 88.0 Å². The maximum Gasteiger partial charge on any atom is 0.143 e. The standard InChI is InChI=1S/C44H28O/c1-3-12-29(13-4-1)30-22-24-32(25-23-30)42-35-16-7-9-18-37(35)43(38-19-10-8-17-36(38)42)33-26-27-41-40(28-33)39-21-11-20-34(44(39)45-41)31-14-5-2-6-15-31/h1-28H/i1D,2D,3D,4D,5D,6D,12D,13D,14D,15D. The van der Waals surface area contributed by atoms with Crippen molar-refractivity contribution in [1.29, 1.82) is 0 Å². The highest BCUT2D eigenvalue weighted by Gasteiger charge is 2.18. The molecule has 0 spiro atoms. The monoisotopic (exact) mass is 582 g/mol. The molecule has 0 unspecified atom stereocenters. The lowest BCUT2D eigenvalue weighted by molar-refractivity contribution is 0.670. The first-order valence-corrected chi connectivity index (χ1v) is 14.6. The third kappa shape index (κ3) is 4.17. The van der Waals surface area contributed by atoms with E-state index >= 15 is 0 Å². The largest absolute Gasteiger partial charge is 0.455 e. The summed E-state index contributed by atoms with van der Waals surface area (Å²) < 4.78 is 89.3. The van der Waals surface area contributed by atoms with Gasteiger partial charge in [0.15, 0.2) is 0 Å². The summed E-state index contributed by atoms with van der Waals surface area (Å²) in [5.74, 6) is 0. The summed E-state index contributed by atoms with van der Waals surface area (Å²) >= 11 is 0. The van der Waals surface area contributed by atoms with Crippen molar-refractivity contribution in [2.45, 2.75) is 0 Å². The smallest absolute Gasteiger partial charge is 0.143 e. The van der Waals surface area contributed by atoms with E-state index in [-0.39, 0.29) is 47.4 Å². The second kappa shape index (κ2) is 10.4. The molecule has 1 heterocycles. The van der Waals surface area contributed by atoms with Crippen LogP contribution in [0.4, 0.5) is 0 Å². The number of furan rings is 1. The lowest BCUT2D eigenvalue weighted by Gasteiger charge is -2.18. The molecule has 0 aliphatic rings. The fourth-order valence-electron chi connectivity index (χ4n) is 6.48. The van der Waals surface area contributed by atoms with Gasteiger partial charge in [0, 0.05) is 16.3 Å². The van der Waals surface area contributed by atoms with Crippen LogP contribution in [0.5, 0.6) is 0 Å². The molecule has 0 fully saturated rings. The second-order valence-corrected chi connectivity index (χ2v) is 10.9. The van der Waals surface area contributed by atoms with Crippen LogP contribution in [-0.4, -0.2) is 0 Å². The van der Waals surface area contributed by atoms with Crippen LogP contribution < -0.4 is 0 Å². The van der Waals surface area contributed by atoms with Gasteiger partial charge >= 0.3 is 0 Å². The third-order valence-corrected chi connectivity index (χ3v) is 8.45. The van der Waals surface area contributed by atoms with E-state index in [0.29, 0.717) is 22.3 Å². The molecule has 0 amide bonds. The van der Waals surface area contributed by atoms with Crippen molar-refractivity contribution >= 4 is 43.5 Å². The normalized spacial score (nSPS) is 14.7. The van der Waals surface area contributed by atoms with E-state index in [0.717, 1.165) is 54.6 Å². The summed E-state index contributed by atoms with van der Waals surface area (Å²) in [7, 11) is 0. The molecule has 0 N–H and O–H groups in total. The molecule has 0 bridgehead atoms. The molecule has 1 nitrogen and oxygen atoms in total. The third-order valence-electron chi connectivity index (χ3n) is 8.45. The van der Waals surface area contributed by atoms with Gasteiger partial charge in [-0.3, -0.25) is 0 Å². The highest BCUT2D eigenvalue weighted by Crippen LogP contribution is 2.45. The van der Waals surface area contributed by atoms with E-state index in [4.69, 9.17) is 18.1 Å². The highest BCUT2D eigenvalue weighted by molar-refractivity contribution is 6.22. The van der Waals surface area contributed by atoms with Gasteiger partial charge in [-0.1, -0.05) is 157 Å². The number of fused-ring (bicyclic) bond motifs is 5. The van der Waals surface area contributed by atoms with Gasteiger partial charge < -0.3 is 4.42 Å². The van der Waals surface area contributed by atoms with Gasteiger partial charge in [-0.05, 0) is 72.6 Å². The Balaban J connectivity index is 1.24. The number of benzene rings is 8. The zero-order valence-electron chi connectivity index (χ0n) is 33.8. The minimum Gasteiger partial charge on any atom is -0.455 e. The van der Waals surface area contributed by atoms with Gasteiger partial charge in [0.25, 0.3) is 0 Å². The lowest BCUT2D eigenvalue weighted by atomic mass is 9.85. The Labute approximate surface area is 275 Å². The van der Waals surface area contributed by atoms with E-state index in [9.17, 15) is 0 Å². The van der Waals surface area contributed by atoms with Crippen molar-refractivity contribution in [3.63, 3.8) is 0 Å². The van der Waals surface area contributed by atoms with Gasteiger partial charge in [0.1, 0.15) is 11.2 Å². The molecular formula is C44H28O. The summed E-state index contributed by atoms with van der Waals surface area (Å²) in [4.78, 5) is 0. The van der Waals surface area contributed by atoms with E-state index in [1.54, 1.807) is 18.2 Å². The minimum absolute atomic E-state index is 0.0878. The first-order valence-electron chi connectivity index (χ1n) is 19.6. The van der Waals surface area contributed by atoms with Crippen LogP contribution in [0.2, 0.25) is 0 Å². The summed E-state index contributed by atoms with van der Waals surface area (Å²) in [6.07, 6.45) is 0. The van der Waals surface area contributed by atoms with Crippen LogP contribution in [0.3, 0.4) is 0 Å². The number of rotatable bonds is 4. The number of hydrogen-bond donors (Lipinski definition) is 0. The zero-order chi connectivity index (χ0) is 38.4. The van der Waals surface area contributed by atoms with Crippen LogP contribution >= 0.6 is 0 Å². The van der Waals surface area contributed by atoms with E-state index < -0.39 is 24.2 Å². The minimum atomic E-state index is -0.448. The Bertz CT molecular complexity index is 2980. The molecule has 9 rings (SSSR count). The maximum absolute atomic E-state index is 8.60. The predicted molar refractivity (Wildman–Crippen MR) is 190 cm³/mol. The fraction of sp³-hybridized carbons (Fsp3) is 0. The summed E-state index contributed by atoms with van der Waals surface area (Å²) in [6, 6.07) is 31.8. The predicted octanol–water partition coefficient (Wildman–Crippen LogP) is 12.6. The second-order valence-electron chi connectivity index (χ2n) is 10.9. The molecule has 0 saturated carbocycles. The summed E-state index contributed by atoms with van der Waals surface area (Å²) in [5, 5.41) is 5.61. The first kappa shape index (κ1) is 17.4. The van der Waals surface area contributed by atoms with Gasteiger partial charge in [-0.2, -0.15) is 0 Å². The molecule has 9 aromatic rings. The molecule has 1 heteroatoms. The number of hydrogen-bond acceptors (Lipinski definition) is 1.